The number of para-hydroxylation sites is 2. The number of rotatable bonds is 6. The second-order valence-electron chi connectivity index (χ2n) is 13.2. The summed E-state index contributed by atoms with van der Waals surface area (Å²) in [4.78, 5) is 15.8. The Kier molecular flexibility index (Phi) is 7.43. The number of aromatic nitrogens is 4. The van der Waals surface area contributed by atoms with Crippen LogP contribution in [0.5, 0.6) is 0 Å². The fraction of sp³-hybridized carbons (Fsp3) is 0. The Morgan fingerprint density at radius 2 is 0.792 bits per heavy atom. The summed E-state index contributed by atoms with van der Waals surface area (Å²) >= 11 is 0. The lowest BCUT2D eigenvalue weighted by atomic mass is 9.98. The summed E-state index contributed by atoms with van der Waals surface area (Å²) in [6.07, 6.45) is 0. The van der Waals surface area contributed by atoms with Crippen molar-refractivity contribution in [3.05, 3.63) is 194 Å². The number of benzene rings is 8. The maximum Gasteiger partial charge on any atom is 0.164 e. The van der Waals surface area contributed by atoms with Gasteiger partial charge < -0.3 is 4.57 Å². The fourth-order valence-electron chi connectivity index (χ4n) is 7.61. The van der Waals surface area contributed by atoms with Crippen LogP contribution in [0.15, 0.2) is 194 Å². The maximum atomic E-state index is 5.28. The molecule has 0 N–H and O–H groups in total. The van der Waals surface area contributed by atoms with E-state index in [2.05, 4.69) is 193 Å². The van der Waals surface area contributed by atoms with Gasteiger partial charge in [0.25, 0.3) is 0 Å². The van der Waals surface area contributed by atoms with Crippen molar-refractivity contribution in [2.45, 2.75) is 0 Å². The van der Waals surface area contributed by atoms with Gasteiger partial charge in [-0.25, -0.2) is 15.0 Å². The molecule has 0 saturated carbocycles. The third-order valence-corrected chi connectivity index (χ3v) is 10.1. The summed E-state index contributed by atoms with van der Waals surface area (Å²) in [6, 6.07) is 68.0. The van der Waals surface area contributed by atoms with Crippen molar-refractivity contribution in [3.63, 3.8) is 0 Å². The predicted octanol–water partition coefficient (Wildman–Crippen LogP) is 12.5. The van der Waals surface area contributed by atoms with Gasteiger partial charge in [0, 0.05) is 33.0 Å². The zero-order valence-corrected chi connectivity index (χ0v) is 28.8. The van der Waals surface area contributed by atoms with Crippen LogP contribution in [0.4, 0.5) is 0 Å². The van der Waals surface area contributed by atoms with Crippen molar-refractivity contribution in [1.82, 2.24) is 19.5 Å². The first kappa shape index (κ1) is 30.6. The lowest BCUT2D eigenvalue weighted by Crippen LogP contribution is -2.03. The average Bonchev–Trinajstić information content (AvgIpc) is 3.58. The highest BCUT2D eigenvalue weighted by Crippen LogP contribution is 2.39. The molecule has 0 aliphatic heterocycles. The molecule has 8 aromatic carbocycles. The van der Waals surface area contributed by atoms with Crippen LogP contribution in [0.2, 0.25) is 0 Å². The highest BCUT2D eigenvalue weighted by Gasteiger charge is 2.20. The Balaban J connectivity index is 1.26. The molecule has 2 aromatic heterocycles. The Bertz CT molecular complexity index is 2890. The van der Waals surface area contributed by atoms with Crippen molar-refractivity contribution in [2.24, 2.45) is 0 Å². The number of fused-ring (bicyclic) bond motifs is 4. The van der Waals surface area contributed by atoms with Gasteiger partial charge in [0.05, 0.1) is 16.7 Å². The van der Waals surface area contributed by atoms with Crippen molar-refractivity contribution < 1.29 is 0 Å². The molecule has 0 radical (unpaired) electrons. The van der Waals surface area contributed by atoms with Gasteiger partial charge in [-0.05, 0) is 45.7 Å². The van der Waals surface area contributed by atoms with Gasteiger partial charge in [0.1, 0.15) is 0 Å². The van der Waals surface area contributed by atoms with Gasteiger partial charge >= 0.3 is 0 Å². The second kappa shape index (κ2) is 12.9. The minimum atomic E-state index is 0.613. The highest BCUT2D eigenvalue weighted by atomic mass is 15.0. The molecule has 4 nitrogen and oxygen atoms in total. The van der Waals surface area contributed by atoms with Gasteiger partial charge in [0.15, 0.2) is 17.5 Å². The molecule has 10 rings (SSSR count). The van der Waals surface area contributed by atoms with Crippen LogP contribution in [-0.4, -0.2) is 19.5 Å². The number of hydrogen-bond acceptors (Lipinski definition) is 3. The molecule has 0 aliphatic carbocycles. The molecular formula is C49H32N4. The highest BCUT2D eigenvalue weighted by molar-refractivity contribution is 6.10. The maximum absolute atomic E-state index is 5.28. The molecule has 0 saturated heterocycles. The van der Waals surface area contributed by atoms with E-state index >= 15 is 0 Å². The monoisotopic (exact) mass is 676 g/mol. The predicted molar refractivity (Wildman–Crippen MR) is 219 cm³/mol. The molecule has 0 bridgehead atoms. The summed E-state index contributed by atoms with van der Waals surface area (Å²) in [5.74, 6) is 1.88. The van der Waals surface area contributed by atoms with E-state index in [1.165, 1.54) is 10.8 Å². The first-order valence-electron chi connectivity index (χ1n) is 17.9. The van der Waals surface area contributed by atoms with E-state index in [1.807, 2.05) is 6.07 Å². The third-order valence-electron chi connectivity index (χ3n) is 10.1. The normalized spacial score (nSPS) is 11.4. The zero-order valence-electron chi connectivity index (χ0n) is 28.8. The van der Waals surface area contributed by atoms with E-state index < -0.39 is 0 Å². The van der Waals surface area contributed by atoms with Crippen molar-refractivity contribution in [3.8, 4) is 62.1 Å². The summed E-state index contributed by atoms with van der Waals surface area (Å²) in [7, 11) is 0. The Morgan fingerprint density at radius 3 is 1.49 bits per heavy atom. The molecule has 10 aromatic rings. The summed E-state index contributed by atoms with van der Waals surface area (Å²) < 4.78 is 2.38. The van der Waals surface area contributed by atoms with Crippen LogP contribution in [0.3, 0.4) is 0 Å². The van der Waals surface area contributed by atoms with Crippen LogP contribution >= 0.6 is 0 Å². The van der Waals surface area contributed by atoms with Crippen LogP contribution in [0, 0.1) is 0 Å². The van der Waals surface area contributed by atoms with E-state index in [0.717, 1.165) is 66.4 Å². The van der Waals surface area contributed by atoms with E-state index in [1.54, 1.807) is 0 Å². The fourth-order valence-corrected chi connectivity index (χ4v) is 7.61. The van der Waals surface area contributed by atoms with E-state index in [-0.39, 0.29) is 0 Å². The van der Waals surface area contributed by atoms with Crippen LogP contribution in [-0.2, 0) is 0 Å². The third kappa shape index (κ3) is 5.36. The smallest absolute Gasteiger partial charge is 0.164 e. The molecule has 0 amide bonds. The molecule has 2 heterocycles. The summed E-state index contributed by atoms with van der Waals surface area (Å²) in [5.41, 5.74) is 10.6. The summed E-state index contributed by atoms with van der Waals surface area (Å²) in [6.45, 7) is 0. The molecule has 53 heavy (non-hydrogen) atoms. The minimum Gasteiger partial charge on any atom is -0.309 e. The zero-order chi connectivity index (χ0) is 35.1. The number of nitrogens with zero attached hydrogens (tertiary/aromatic N) is 4. The minimum absolute atomic E-state index is 0.613. The van der Waals surface area contributed by atoms with Gasteiger partial charge in [-0.3, -0.25) is 0 Å². The topological polar surface area (TPSA) is 43.6 Å². The van der Waals surface area contributed by atoms with Crippen LogP contribution < -0.4 is 0 Å². The molecule has 0 unspecified atom stereocenters. The Morgan fingerprint density at radius 1 is 0.302 bits per heavy atom. The number of hydrogen-bond donors (Lipinski definition) is 0. The molecule has 248 valence electrons. The SMILES string of the molecule is c1ccc(-c2ccccc2-c2nc(-c3ccc(-c4ccccc4)c(-n4c5ccccc5c5ccccc54)c3)nc(-c3cccc4ccccc34)n2)cc1. The lowest BCUT2D eigenvalue weighted by Gasteiger charge is -2.17. The second-order valence-corrected chi connectivity index (χ2v) is 13.2. The summed E-state index contributed by atoms with van der Waals surface area (Å²) in [5, 5.41) is 4.66. The van der Waals surface area contributed by atoms with Crippen molar-refractivity contribution >= 4 is 32.6 Å². The van der Waals surface area contributed by atoms with Gasteiger partial charge in [0.2, 0.25) is 0 Å². The van der Waals surface area contributed by atoms with Gasteiger partial charge in [-0.1, -0.05) is 176 Å². The van der Waals surface area contributed by atoms with Crippen molar-refractivity contribution in [2.75, 3.05) is 0 Å². The lowest BCUT2D eigenvalue weighted by molar-refractivity contribution is 1.07. The van der Waals surface area contributed by atoms with Gasteiger partial charge in [-0.15, -0.1) is 0 Å². The largest absolute Gasteiger partial charge is 0.309 e. The first-order chi connectivity index (χ1) is 26.3. The van der Waals surface area contributed by atoms with E-state index in [9.17, 15) is 0 Å². The molecule has 0 atom stereocenters. The quantitative estimate of drug-likeness (QED) is 0.176. The van der Waals surface area contributed by atoms with Crippen LogP contribution in [0.25, 0.3) is 94.7 Å². The molecule has 0 spiro atoms. The van der Waals surface area contributed by atoms with E-state index in [0.29, 0.717) is 17.5 Å². The molecular weight excluding hydrogens is 645 g/mol. The molecule has 4 heteroatoms. The van der Waals surface area contributed by atoms with Crippen LogP contribution in [0.1, 0.15) is 0 Å². The van der Waals surface area contributed by atoms with Gasteiger partial charge in [-0.2, -0.15) is 0 Å². The Hall–Kier alpha value is -7.17. The average molecular weight is 677 g/mol. The Labute approximate surface area is 307 Å². The first-order valence-corrected chi connectivity index (χ1v) is 17.9. The van der Waals surface area contributed by atoms with E-state index in [4.69, 9.17) is 15.0 Å². The molecule has 0 aliphatic rings. The standard InChI is InChI=1S/C49H32N4/c1-3-16-33(17-4-1)37-23-9-10-26-42(37)48-50-47(51-49(52-48)43-27-15-21-34-20-7-8-22-38(34)43)36-30-31-39(35-18-5-2-6-19-35)46(32-36)53-44-28-13-11-24-40(44)41-25-12-14-29-45(41)53/h1-32H. The molecule has 0 fully saturated rings. The van der Waals surface area contributed by atoms with Crippen molar-refractivity contribution in [1.29, 1.82) is 0 Å².